The number of hydrogen-bond donors (Lipinski definition) is 0. The van der Waals surface area contributed by atoms with Crippen molar-refractivity contribution in [3.63, 3.8) is 0 Å². The standard InChI is InChI=1S/C24H30N4S/c1-5-24-12-8-13-27-14-11-18-17-9-6-7-10-19(17)28(21(18)22(24)27)20(15-24)23(29)25-16(2)26(3)4/h6-7,9-10,15,22H,5,8,11-14H2,1-4H3/b25-16-/t22-,24+/m1/s1. The van der Waals surface area contributed by atoms with E-state index in [2.05, 4.69) is 46.7 Å². The van der Waals surface area contributed by atoms with E-state index in [0.717, 1.165) is 24.4 Å². The minimum absolute atomic E-state index is 0.152. The van der Waals surface area contributed by atoms with Gasteiger partial charge in [-0.05, 0) is 56.9 Å². The van der Waals surface area contributed by atoms with Crippen molar-refractivity contribution in [1.82, 2.24) is 14.4 Å². The van der Waals surface area contributed by atoms with E-state index >= 15 is 0 Å². The zero-order valence-corrected chi connectivity index (χ0v) is 18.7. The summed E-state index contributed by atoms with van der Waals surface area (Å²) in [6, 6.07) is 9.31. The number of thiocarbonyl (C=S) groups is 1. The highest BCUT2D eigenvalue weighted by Gasteiger charge is 2.50. The number of aromatic nitrogens is 1. The summed E-state index contributed by atoms with van der Waals surface area (Å²) in [5, 5.41) is 1.39. The van der Waals surface area contributed by atoms with Crippen LogP contribution in [0.1, 0.15) is 50.4 Å². The van der Waals surface area contributed by atoms with Gasteiger partial charge in [0.1, 0.15) is 5.84 Å². The van der Waals surface area contributed by atoms with Crippen LogP contribution in [0, 0.1) is 5.41 Å². The number of piperidine rings is 1. The van der Waals surface area contributed by atoms with E-state index in [9.17, 15) is 0 Å². The van der Waals surface area contributed by atoms with Gasteiger partial charge in [-0.2, -0.15) is 0 Å². The topological polar surface area (TPSA) is 23.8 Å². The Hall–Kier alpha value is -1.98. The van der Waals surface area contributed by atoms with Gasteiger partial charge >= 0.3 is 0 Å². The lowest BCUT2D eigenvalue weighted by molar-refractivity contribution is 0.0273. The zero-order valence-electron chi connectivity index (χ0n) is 17.9. The summed E-state index contributed by atoms with van der Waals surface area (Å²) >= 11 is 5.94. The second-order valence-corrected chi connectivity index (χ2v) is 9.37. The summed E-state index contributed by atoms with van der Waals surface area (Å²) in [4.78, 5) is 10.3. The first kappa shape index (κ1) is 19.0. The van der Waals surface area contributed by atoms with E-state index < -0.39 is 0 Å². The third-order valence-electron chi connectivity index (χ3n) is 7.38. The minimum atomic E-state index is 0.152. The highest BCUT2D eigenvalue weighted by Crippen LogP contribution is 2.57. The number of hydrogen-bond acceptors (Lipinski definition) is 2. The summed E-state index contributed by atoms with van der Waals surface area (Å²) in [6.07, 6.45) is 7.24. The molecular weight excluding hydrogens is 376 g/mol. The van der Waals surface area contributed by atoms with Crippen LogP contribution in [0.4, 0.5) is 0 Å². The predicted octanol–water partition coefficient (Wildman–Crippen LogP) is 4.89. The maximum atomic E-state index is 5.94. The van der Waals surface area contributed by atoms with E-state index in [4.69, 9.17) is 17.2 Å². The van der Waals surface area contributed by atoms with Crippen molar-refractivity contribution in [2.75, 3.05) is 27.2 Å². The molecular formula is C24H30N4S. The van der Waals surface area contributed by atoms with E-state index in [0.29, 0.717) is 11.0 Å². The lowest BCUT2D eigenvalue weighted by atomic mass is 9.66. The Morgan fingerprint density at radius 3 is 2.83 bits per heavy atom. The Balaban J connectivity index is 1.80. The Labute approximate surface area is 178 Å². The smallest absolute Gasteiger partial charge is 0.151 e. The van der Waals surface area contributed by atoms with Gasteiger partial charge in [-0.25, -0.2) is 4.99 Å². The van der Waals surface area contributed by atoms with Crippen molar-refractivity contribution >= 4 is 39.6 Å². The molecule has 0 saturated carbocycles. The molecule has 152 valence electrons. The molecule has 0 N–H and O–H groups in total. The van der Waals surface area contributed by atoms with Gasteiger partial charge in [-0.1, -0.05) is 37.3 Å². The van der Waals surface area contributed by atoms with Crippen molar-refractivity contribution in [3.8, 4) is 0 Å². The fourth-order valence-electron chi connectivity index (χ4n) is 5.74. The van der Waals surface area contributed by atoms with Crippen molar-refractivity contribution < 1.29 is 0 Å². The maximum absolute atomic E-state index is 5.94. The van der Waals surface area contributed by atoms with Gasteiger partial charge in [0.05, 0.1) is 17.3 Å². The maximum Gasteiger partial charge on any atom is 0.151 e. The van der Waals surface area contributed by atoms with E-state index in [-0.39, 0.29) is 5.41 Å². The number of aliphatic imine (C=N–C) groups is 1. The van der Waals surface area contributed by atoms with Crippen LogP contribution in [0.5, 0.6) is 0 Å². The molecule has 5 rings (SSSR count). The van der Waals surface area contributed by atoms with Crippen molar-refractivity contribution in [2.45, 2.75) is 45.6 Å². The molecule has 0 spiro atoms. The molecule has 29 heavy (non-hydrogen) atoms. The second kappa shape index (κ2) is 6.78. The van der Waals surface area contributed by atoms with E-state index in [1.165, 1.54) is 48.1 Å². The fraction of sp³-hybridized carbons (Fsp3) is 0.500. The molecule has 1 fully saturated rings. The summed E-state index contributed by atoms with van der Waals surface area (Å²) in [6.45, 7) is 6.75. The van der Waals surface area contributed by atoms with Gasteiger partial charge in [0.25, 0.3) is 0 Å². The molecule has 0 amide bonds. The fourth-order valence-corrected chi connectivity index (χ4v) is 6.02. The molecule has 2 aromatic rings. The van der Waals surface area contributed by atoms with Crippen LogP contribution in [-0.2, 0) is 6.42 Å². The molecule has 1 aromatic heterocycles. The lowest BCUT2D eigenvalue weighted by Gasteiger charge is -2.53. The Morgan fingerprint density at radius 2 is 2.07 bits per heavy atom. The molecule has 3 aliphatic heterocycles. The Kier molecular flexibility index (Phi) is 4.44. The monoisotopic (exact) mass is 406 g/mol. The molecule has 0 bridgehead atoms. The molecule has 0 unspecified atom stereocenters. The quantitative estimate of drug-likeness (QED) is 0.403. The van der Waals surface area contributed by atoms with Gasteiger partial charge in [-0.15, -0.1) is 0 Å². The van der Waals surface area contributed by atoms with Crippen molar-refractivity contribution in [3.05, 3.63) is 41.6 Å². The van der Waals surface area contributed by atoms with Gasteiger partial charge in [0.15, 0.2) is 4.99 Å². The number of amidine groups is 1. The normalized spacial score (nSPS) is 26.3. The Bertz CT molecular complexity index is 1060. The first-order valence-electron chi connectivity index (χ1n) is 10.8. The molecule has 3 aliphatic rings. The zero-order chi connectivity index (χ0) is 20.3. The molecule has 5 heteroatoms. The second-order valence-electron chi connectivity index (χ2n) is 8.98. The highest BCUT2D eigenvalue weighted by molar-refractivity contribution is 7.81. The number of para-hydroxylation sites is 1. The minimum Gasteiger partial charge on any atom is -0.366 e. The highest BCUT2D eigenvalue weighted by atomic mass is 32.1. The largest absolute Gasteiger partial charge is 0.366 e. The average Bonchev–Trinajstić information content (AvgIpc) is 3.07. The number of fused-ring (bicyclic) bond motifs is 3. The number of rotatable bonds is 2. The van der Waals surface area contributed by atoms with Crippen molar-refractivity contribution in [2.24, 2.45) is 10.4 Å². The SMILES string of the molecule is CC[C@@]12C=C(C(=S)/N=C(/C)N(C)C)n3c4c(c5ccccc53)CCN(CCC1)[C@H]42. The molecule has 0 aliphatic carbocycles. The first-order chi connectivity index (χ1) is 14.0. The van der Waals surface area contributed by atoms with Crippen LogP contribution in [0.15, 0.2) is 35.3 Å². The Morgan fingerprint density at radius 1 is 1.28 bits per heavy atom. The summed E-state index contributed by atoms with van der Waals surface area (Å²) in [7, 11) is 4.04. The molecule has 4 nitrogen and oxygen atoms in total. The third-order valence-corrected chi connectivity index (χ3v) is 7.68. The van der Waals surface area contributed by atoms with Crippen LogP contribution in [0.2, 0.25) is 0 Å². The molecule has 4 heterocycles. The van der Waals surface area contributed by atoms with Gasteiger partial charge in [-0.3, -0.25) is 4.90 Å². The molecule has 1 saturated heterocycles. The van der Waals surface area contributed by atoms with Crippen LogP contribution in [-0.4, -0.2) is 52.4 Å². The summed E-state index contributed by atoms with van der Waals surface area (Å²) in [5.74, 6) is 0.944. The summed E-state index contributed by atoms with van der Waals surface area (Å²) < 4.78 is 2.45. The van der Waals surface area contributed by atoms with Crippen LogP contribution < -0.4 is 0 Å². The third kappa shape index (κ3) is 2.67. The first-order valence-corrected chi connectivity index (χ1v) is 11.2. The molecule has 0 radical (unpaired) electrons. The number of nitrogens with zero attached hydrogens (tertiary/aromatic N) is 4. The summed E-state index contributed by atoms with van der Waals surface area (Å²) in [5.41, 5.74) is 5.56. The van der Waals surface area contributed by atoms with E-state index in [1.54, 1.807) is 0 Å². The van der Waals surface area contributed by atoms with Crippen LogP contribution in [0.3, 0.4) is 0 Å². The molecule has 1 aromatic carbocycles. The lowest BCUT2D eigenvalue weighted by Crippen LogP contribution is -2.51. The molecule has 2 atom stereocenters. The van der Waals surface area contributed by atoms with Crippen LogP contribution >= 0.6 is 12.2 Å². The predicted molar refractivity (Wildman–Crippen MR) is 126 cm³/mol. The van der Waals surface area contributed by atoms with Crippen LogP contribution in [0.25, 0.3) is 16.6 Å². The van der Waals surface area contributed by atoms with Gasteiger partial charge < -0.3 is 9.47 Å². The van der Waals surface area contributed by atoms with Gasteiger partial charge in [0.2, 0.25) is 0 Å². The average molecular weight is 407 g/mol. The van der Waals surface area contributed by atoms with E-state index in [1.807, 2.05) is 25.9 Å². The van der Waals surface area contributed by atoms with Gasteiger partial charge in [0, 0.05) is 37.1 Å². The number of benzene rings is 1. The van der Waals surface area contributed by atoms with Crippen molar-refractivity contribution in [1.29, 1.82) is 0 Å².